The van der Waals surface area contributed by atoms with Gasteiger partial charge in [-0.25, -0.2) is 9.69 Å². The lowest BCUT2D eigenvalue weighted by atomic mass is 10.2. The largest absolute Gasteiger partial charge is 0.489 e. The summed E-state index contributed by atoms with van der Waals surface area (Å²) < 4.78 is 11.4. The Morgan fingerprint density at radius 1 is 1.11 bits per heavy atom. The van der Waals surface area contributed by atoms with Crippen LogP contribution in [0.5, 0.6) is 5.75 Å². The van der Waals surface area contributed by atoms with Crippen LogP contribution in [0.4, 0.5) is 4.79 Å². The molecule has 7 nitrogen and oxygen atoms in total. The van der Waals surface area contributed by atoms with Crippen LogP contribution in [0.3, 0.4) is 0 Å². The number of halogens is 1. The number of carbonyl (C=O) groups is 3. The first-order valence-electron chi connectivity index (χ1n) is 8.35. The van der Waals surface area contributed by atoms with Gasteiger partial charge in [0.2, 0.25) is 0 Å². The number of hydrogen-bond donors (Lipinski definition) is 1. The highest BCUT2D eigenvalue weighted by Crippen LogP contribution is 2.18. The van der Waals surface area contributed by atoms with E-state index in [4.69, 9.17) is 4.74 Å². The zero-order valence-corrected chi connectivity index (χ0v) is 17.1. The molecule has 1 aliphatic heterocycles. The second kappa shape index (κ2) is 8.87. The van der Waals surface area contributed by atoms with E-state index < -0.39 is 24.5 Å². The topological polar surface area (TPSA) is 84.9 Å². The van der Waals surface area contributed by atoms with Crippen LogP contribution >= 0.6 is 22.6 Å². The number of methoxy groups -OCH3 is 1. The minimum Gasteiger partial charge on any atom is -0.489 e. The van der Waals surface area contributed by atoms with Gasteiger partial charge < -0.3 is 14.8 Å². The third kappa shape index (κ3) is 4.89. The Balaban J connectivity index is 1.63. The van der Waals surface area contributed by atoms with E-state index in [1.165, 1.54) is 7.11 Å². The highest BCUT2D eigenvalue weighted by molar-refractivity contribution is 14.1. The van der Waals surface area contributed by atoms with E-state index in [2.05, 4.69) is 32.6 Å². The average Bonchev–Trinajstić information content (AvgIpc) is 2.96. The summed E-state index contributed by atoms with van der Waals surface area (Å²) in [6.07, 6.45) is 1.54. The monoisotopic (exact) mass is 492 g/mol. The standard InChI is InChI=1S/C20H17IN2O5/c1-27-18(24)11-23-19(25)17(22-20(23)26)10-13-4-8-16(9-5-13)28-12-14-2-6-15(21)7-3-14/h2-10H,11-12H2,1H3,(H,22,26)/b17-10+. The zero-order chi connectivity index (χ0) is 20.1. The SMILES string of the molecule is COC(=O)CN1C(=O)N/C(=C/c2ccc(OCc3ccc(I)cc3)cc2)C1=O. The molecule has 0 atom stereocenters. The number of hydrogen-bond acceptors (Lipinski definition) is 5. The number of ether oxygens (including phenoxy) is 2. The first kappa shape index (κ1) is 19.9. The lowest BCUT2D eigenvalue weighted by molar-refractivity contribution is -0.143. The van der Waals surface area contributed by atoms with Crippen LogP contribution < -0.4 is 10.1 Å². The molecule has 2 aromatic rings. The maximum Gasteiger partial charge on any atom is 0.329 e. The molecule has 1 fully saturated rings. The van der Waals surface area contributed by atoms with Gasteiger partial charge in [0, 0.05) is 3.57 Å². The van der Waals surface area contributed by atoms with Crippen LogP contribution in [0.1, 0.15) is 11.1 Å². The van der Waals surface area contributed by atoms with Crippen molar-refractivity contribution in [3.63, 3.8) is 0 Å². The highest BCUT2D eigenvalue weighted by atomic mass is 127. The van der Waals surface area contributed by atoms with Gasteiger partial charge in [-0.15, -0.1) is 0 Å². The maximum absolute atomic E-state index is 12.3. The molecule has 0 saturated carbocycles. The van der Waals surface area contributed by atoms with Gasteiger partial charge in [-0.2, -0.15) is 0 Å². The summed E-state index contributed by atoms with van der Waals surface area (Å²) in [6.45, 7) is 0.0260. The molecule has 2 aromatic carbocycles. The Bertz CT molecular complexity index is 923. The van der Waals surface area contributed by atoms with E-state index in [9.17, 15) is 14.4 Å². The van der Waals surface area contributed by atoms with Gasteiger partial charge in [-0.1, -0.05) is 24.3 Å². The molecule has 1 aliphatic rings. The molecule has 0 aromatic heterocycles. The van der Waals surface area contributed by atoms with E-state index in [1.807, 2.05) is 24.3 Å². The summed E-state index contributed by atoms with van der Waals surface area (Å²) in [7, 11) is 1.19. The quantitative estimate of drug-likeness (QED) is 0.290. The first-order valence-corrected chi connectivity index (χ1v) is 9.43. The minimum atomic E-state index is -0.667. The molecule has 1 saturated heterocycles. The van der Waals surface area contributed by atoms with Gasteiger partial charge in [0.25, 0.3) is 5.91 Å². The molecule has 8 heteroatoms. The molecule has 1 heterocycles. The summed E-state index contributed by atoms with van der Waals surface area (Å²) in [5, 5.41) is 2.46. The highest BCUT2D eigenvalue weighted by Gasteiger charge is 2.35. The lowest BCUT2D eigenvalue weighted by Gasteiger charge is -2.09. The molecule has 1 N–H and O–H groups in total. The molecule has 28 heavy (non-hydrogen) atoms. The zero-order valence-electron chi connectivity index (χ0n) is 15.0. The number of amides is 3. The normalized spacial score (nSPS) is 14.9. The number of nitrogens with one attached hydrogen (secondary N) is 1. The molecule has 144 valence electrons. The van der Waals surface area contributed by atoms with Crippen LogP contribution in [0.2, 0.25) is 0 Å². The van der Waals surface area contributed by atoms with Crippen LogP contribution in [-0.2, 0) is 20.9 Å². The van der Waals surface area contributed by atoms with Gasteiger partial charge in [0.05, 0.1) is 7.11 Å². The third-order valence-electron chi connectivity index (χ3n) is 3.99. The minimum absolute atomic E-state index is 0.0986. The second-order valence-corrected chi connectivity index (χ2v) is 7.19. The van der Waals surface area contributed by atoms with Gasteiger partial charge in [0.1, 0.15) is 24.6 Å². The fourth-order valence-corrected chi connectivity index (χ4v) is 2.84. The summed E-state index contributed by atoms with van der Waals surface area (Å²) in [5.41, 5.74) is 1.88. The van der Waals surface area contributed by atoms with Gasteiger partial charge in [-0.05, 0) is 64.1 Å². The van der Waals surface area contributed by atoms with Crippen molar-refractivity contribution in [3.8, 4) is 5.75 Å². The fraction of sp³-hybridized carbons (Fsp3) is 0.150. The van der Waals surface area contributed by atoms with Crippen molar-refractivity contribution >= 4 is 46.6 Å². The van der Waals surface area contributed by atoms with Crippen molar-refractivity contribution in [1.29, 1.82) is 0 Å². The van der Waals surface area contributed by atoms with Crippen molar-refractivity contribution in [3.05, 3.63) is 68.9 Å². The molecule has 3 rings (SSSR count). The van der Waals surface area contributed by atoms with E-state index in [0.717, 1.165) is 14.0 Å². The van der Waals surface area contributed by atoms with Crippen LogP contribution in [0.15, 0.2) is 54.2 Å². The molecule has 0 aliphatic carbocycles. The van der Waals surface area contributed by atoms with E-state index in [-0.39, 0.29) is 5.70 Å². The van der Waals surface area contributed by atoms with Crippen molar-refractivity contribution < 1.29 is 23.9 Å². The summed E-state index contributed by atoms with van der Waals surface area (Å²) in [5.74, 6) is -0.552. The Hall–Kier alpha value is -2.88. The Labute approximate surface area is 175 Å². The Morgan fingerprint density at radius 2 is 1.79 bits per heavy atom. The fourth-order valence-electron chi connectivity index (χ4n) is 2.48. The average molecular weight is 492 g/mol. The summed E-state index contributed by atoms with van der Waals surface area (Å²) in [4.78, 5) is 36.2. The van der Waals surface area contributed by atoms with Gasteiger partial charge >= 0.3 is 12.0 Å². The molecule has 0 radical (unpaired) electrons. The Morgan fingerprint density at radius 3 is 2.43 bits per heavy atom. The van der Waals surface area contributed by atoms with Crippen LogP contribution in [-0.4, -0.2) is 36.5 Å². The molecular formula is C20H17IN2O5. The molecule has 0 spiro atoms. The van der Waals surface area contributed by atoms with Crippen LogP contribution in [0.25, 0.3) is 6.08 Å². The predicted octanol–water partition coefficient (Wildman–Crippen LogP) is 2.94. The van der Waals surface area contributed by atoms with E-state index >= 15 is 0 Å². The molecule has 3 amide bonds. The van der Waals surface area contributed by atoms with Crippen molar-refractivity contribution in [2.24, 2.45) is 0 Å². The van der Waals surface area contributed by atoms with Crippen molar-refractivity contribution in [1.82, 2.24) is 10.2 Å². The second-order valence-electron chi connectivity index (χ2n) is 5.94. The number of carbonyl (C=O) groups excluding carboxylic acids is 3. The third-order valence-corrected chi connectivity index (χ3v) is 4.71. The van der Waals surface area contributed by atoms with Gasteiger partial charge in [0.15, 0.2) is 0 Å². The molecular weight excluding hydrogens is 475 g/mol. The van der Waals surface area contributed by atoms with E-state index in [0.29, 0.717) is 17.9 Å². The van der Waals surface area contributed by atoms with Crippen molar-refractivity contribution in [2.75, 3.05) is 13.7 Å². The number of esters is 1. The van der Waals surface area contributed by atoms with Crippen molar-refractivity contribution in [2.45, 2.75) is 6.61 Å². The summed E-state index contributed by atoms with van der Waals surface area (Å²) in [6, 6.07) is 14.5. The Kier molecular flexibility index (Phi) is 6.30. The first-order chi connectivity index (χ1) is 13.5. The van der Waals surface area contributed by atoms with Crippen LogP contribution in [0, 0.1) is 3.57 Å². The van der Waals surface area contributed by atoms with E-state index in [1.54, 1.807) is 30.3 Å². The number of imide groups is 1. The lowest BCUT2D eigenvalue weighted by Crippen LogP contribution is -2.36. The smallest absolute Gasteiger partial charge is 0.329 e. The number of benzene rings is 2. The number of urea groups is 1. The number of nitrogens with zero attached hydrogens (tertiary/aromatic N) is 1. The molecule has 0 bridgehead atoms. The predicted molar refractivity (Wildman–Crippen MR) is 110 cm³/mol. The molecule has 0 unspecified atom stereocenters. The number of rotatable bonds is 6. The van der Waals surface area contributed by atoms with Gasteiger partial charge in [-0.3, -0.25) is 9.59 Å². The maximum atomic E-state index is 12.3. The summed E-state index contributed by atoms with van der Waals surface area (Å²) >= 11 is 2.25.